The number of aryl methyl sites for hydroxylation is 1. The highest BCUT2D eigenvalue weighted by Gasteiger charge is 2.35. The lowest BCUT2D eigenvalue weighted by Crippen LogP contribution is -2.45. The van der Waals surface area contributed by atoms with Gasteiger partial charge in [-0.05, 0) is 42.7 Å². The molecule has 6 heteroatoms. The topological polar surface area (TPSA) is 54.8 Å². The molecule has 0 radical (unpaired) electrons. The highest BCUT2D eigenvalue weighted by atomic mass is 16.5. The van der Waals surface area contributed by atoms with Crippen LogP contribution in [-0.4, -0.2) is 45.4 Å². The molecule has 1 aromatic heterocycles. The number of aromatic nitrogens is 1. The average molecular weight is 432 g/mol. The largest absolute Gasteiger partial charge is 0.484 e. The Balaban J connectivity index is 1.44. The maximum absolute atomic E-state index is 13.4. The number of rotatable bonds is 10. The van der Waals surface area contributed by atoms with Crippen LogP contribution in [0.3, 0.4) is 0 Å². The van der Waals surface area contributed by atoms with Gasteiger partial charge in [-0.1, -0.05) is 48.5 Å². The third-order valence-corrected chi connectivity index (χ3v) is 5.69. The van der Waals surface area contributed by atoms with Gasteiger partial charge in [0.2, 0.25) is 5.91 Å². The lowest BCUT2D eigenvalue weighted by atomic mass is 10.2. The van der Waals surface area contributed by atoms with Gasteiger partial charge in [0.1, 0.15) is 12.3 Å². The first-order chi connectivity index (χ1) is 15.6. The molecule has 4 rings (SSSR count). The molecule has 1 aliphatic carbocycles. The third kappa shape index (κ3) is 5.78. The number of hydrogen-bond acceptors (Lipinski definition) is 3. The van der Waals surface area contributed by atoms with Gasteiger partial charge < -0.3 is 19.1 Å². The summed E-state index contributed by atoms with van der Waals surface area (Å²) in [4.78, 5) is 29.8. The van der Waals surface area contributed by atoms with Crippen LogP contribution >= 0.6 is 0 Å². The van der Waals surface area contributed by atoms with Crippen LogP contribution in [0, 0.1) is 0 Å². The Bertz CT molecular complexity index is 1030. The zero-order valence-electron chi connectivity index (χ0n) is 18.4. The molecule has 0 N–H and O–H groups in total. The van der Waals surface area contributed by atoms with Crippen molar-refractivity contribution in [2.45, 2.75) is 32.0 Å². The van der Waals surface area contributed by atoms with Gasteiger partial charge in [0.25, 0.3) is 5.91 Å². The molecular weight excluding hydrogens is 402 g/mol. The first-order valence-electron chi connectivity index (χ1n) is 11.0. The average Bonchev–Trinajstić information content (AvgIpc) is 3.58. The van der Waals surface area contributed by atoms with Crippen molar-refractivity contribution < 1.29 is 14.3 Å². The Labute approximate surface area is 189 Å². The normalized spacial score (nSPS) is 12.9. The van der Waals surface area contributed by atoms with Crippen molar-refractivity contribution >= 4 is 11.8 Å². The van der Waals surface area contributed by atoms with Crippen molar-refractivity contribution in [1.29, 1.82) is 0 Å². The van der Waals surface area contributed by atoms with Crippen LogP contribution in [0.1, 0.15) is 24.1 Å². The number of para-hydroxylation sites is 1. The second-order valence-electron chi connectivity index (χ2n) is 8.20. The highest BCUT2D eigenvalue weighted by molar-refractivity contribution is 5.86. The van der Waals surface area contributed by atoms with E-state index in [0.717, 1.165) is 24.1 Å². The van der Waals surface area contributed by atoms with E-state index in [-0.39, 0.29) is 31.0 Å². The van der Waals surface area contributed by atoms with Crippen LogP contribution in [0.4, 0.5) is 0 Å². The summed E-state index contributed by atoms with van der Waals surface area (Å²) in [7, 11) is 1.97. The molecule has 0 aliphatic heterocycles. The minimum absolute atomic E-state index is 0.0602. The van der Waals surface area contributed by atoms with Crippen molar-refractivity contribution in [3.05, 3.63) is 90.3 Å². The van der Waals surface area contributed by atoms with Gasteiger partial charge in [-0.3, -0.25) is 9.59 Å². The fraction of sp³-hybridized carbons (Fsp3) is 0.308. The fourth-order valence-corrected chi connectivity index (χ4v) is 3.69. The Morgan fingerprint density at radius 3 is 2.22 bits per heavy atom. The number of amides is 2. The van der Waals surface area contributed by atoms with E-state index in [1.165, 1.54) is 0 Å². The monoisotopic (exact) mass is 431 g/mol. The van der Waals surface area contributed by atoms with Crippen molar-refractivity contribution in [2.24, 2.45) is 7.05 Å². The van der Waals surface area contributed by atoms with Gasteiger partial charge in [0.15, 0.2) is 6.61 Å². The molecule has 1 heterocycles. The molecular formula is C26H29N3O3. The smallest absolute Gasteiger partial charge is 0.261 e. The Hall–Kier alpha value is -3.54. The lowest BCUT2D eigenvalue weighted by molar-refractivity contribution is -0.142. The zero-order valence-corrected chi connectivity index (χ0v) is 18.4. The molecule has 6 nitrogen and oxygen atoms in total. The van der Waals surface area contributed by atoms with Crippen LogP contribution < -0.4 is 4.74 Å². The minimum atomic E-state index is -0.150. The Morgan fingerprint density at radius 1 is 0.906 bits per heavy atom. The molecule has 1 fully saturated rings. The molecule has 2 aromatic carbocycles. The van der Waals surface area contributed by atoms with Gasteiger partial charge in [-0.2, -0.15) is 0 Å². The summed E-state index contributed by atoms with van der Waals surface area (Å²) >= 11 is 0. The number of benzene rings is 2. The number of carbonyl (C=O) groups is 2. The first kappa shape index (κ1) is 21.7. The van der Waals surface area contributed by atoms with E-state index in [1.54, 1.807) is 4.90 Å². The minimum Gasteiger partial charge on any atom is -0.484 e. The molecule has 32 heavy (non-hydrogen) atoms. The second-order valence-corrected chi connectivity index (χ2v) is 8.20. The van der Waals surface area contributed by atoms with E-state index in [1.807, 2.05) is 95.5 Å². The fourth-order valence-electron chi connectivity index (χ4n) is 3.69. The summed E-state index contributed by atoms with van der Waals surface area (Å²) in [5, 5.41) is 0. The molecule has 0 atom stereocenters. The van der Waals surface area contributed by atoms with Crippen molar-refractivity contribution in [1.82, 2.24) is 14.4 Å². The van der Waals surface area contributed by atoms with Crippen LogP contribution in [0.25, 0.3) is 0 Å². The molecule has 2 amide bonds. The van der Waals surface area contributed by atoms with Crippen molar-refractivity contribution in [3.8, 4) is 5.75 Å². The molecule has 0 spiro atoms. The first-order valence-corrected chi connectivity index (χ1v) is 11.0. The lowest BCUT2D eigenvalue weighted by Gasteiger charge is -2.28. The highest BCUT2D eigenvalue weighted by Crippen LogP contribution is 2.27. The van der Waals surface area contributed by atoms with Crippen LogP contribution in [-0.2, 0) is 29.7 Å². The molecule has 3 aromatic rings. The quantitative estimate of drug-likeness (QED) is 0.493. The molecule has 0 bridgehead atoms. The summed E-state index contributed by atoms with van der Waals surface area (Å²) in [5.74, 6) is 0.440. The summed E-state index contributed by atoms with van der Waals surface area (Å²) in [6.07, 6.45) is 3.84. The second kappa shape index (κ2) is 10.2. The maximum Gasteiger partial charge on any atom is 0.261 e. The summed E-state index contributed by atoms with van der Waals surface area (Å²) in [6, 6.07) is 23.3. The van der Waals surface area contributed by atoms with E-state index in [2.05, 4.69) is 0 Å². The van der Waals surface area contributed by atoms with Gasteiger partial charge in [0.05, 0.1) is 6.54 Å². The summed E-state index contributed by atoms with van der Waals surface area (Å²) in [6.45, 7) is 0.992. The maximum atomic E-state index is 13.4. The third-order valence-electron chi connectivity index (χ3n) is 5.69. The van der Waals surface area contributed by atoms with Crippen molar-refractivity contribution in [2.75, 3.05) is 13.2 Å². The predicted octanol–water partition coefficient (Wildman–Crippen LogP) is 3.62. The van der Waals surface area contributed by atoms with Crippen LogP contribution in [0.2, 0.25) is 0 Å². The van der Waals surface area contributed by atoms with Gasteiger partial charge in [-0.25, -0.2) is 0 Å². The zero-order chi connectivity index (χ0) is 22.3. The number of ether oxygens (including phenoxy) is 1. The van der Waals surface area contributed by atoms with Gasteiger partial charge >= 0.3 is 0 Å². The van der Waals surface area contributed by atoms with E-state index in [0.29, 0.717) is 18.8 Å². The molecule has 1 aliphatic rings. The van der Waals surface area contributed by atoms with E-state index < -0.39 is 0 Å². The Kier molecular flexibility index (Phi) is 6.90. The Morgan fingerprint density at radius 2 is 1.59 bits per heavy atom. The molecule has 0 saturated heterocycles. The van der Waals surface area contributed by atoms with Gasteiger partial charge in [-0.15, -0.1) is 0 Å². The molecule has 0 unspecified atom stereocenters. The van der Waals surface area contributed by atoms with Crippen LogP contribution in [0.15, 0.2) is 79.0 Å². The number of carbonyl (C=O) groups excluding carboxylic acids is 2. The number of nitrogens with zero attached hydrogens (tertiary/aromatic N) is 3. The van der Waals surface area contributed by atoms with E-state index in [9.17, 15) is 9.59 Å². The van der Waals surface area contributed by atoms with Crippen LogP contribution in [0.5, 0.6) is 5.75 Å². The predicted molar refractivity (Wildman–Crippen MR) is 123 cm³/mol. The van der Waals surface area contributed by atoms with Crippen molar-refractivity contribution in [3.63, 3.8) is 0 Å². The van der Waals surface area contributed by atoms with Gasteiger partial charge in [0, 0.05) is 31.5 Å². The molecule has 1 saturated carbocycles. The summed E-state index contributed by atoms with van der Waals surface area (Å²) in [5.41, 5.74) is 2.11. The molecule has 166 valence electrons. The summed E-state index contributed by atoms with van der Waals surface area (Å²) < 4.78 is 7.66. The SMILES string of the molecule is Cn1cccc1CN(Cc1ccccc1)C(=O)CN(C(=O)COc1ccccc1)C1CC1. The number of hydrogen-bond donors (Lipinski definition) is 0. The van der Waals surface area contributed by atoms with E-state index in [4.69, 9.17) is 4.74 Å². The standard InChI is InChI=1S/C26H29N3O3/c1-27-16-8-11-23(27)18-28(17-21-9-4-2-5-10-21)25(30)19-29(22-14-15-22)26(31)20-32-24-12-6-3-7-13-24/h2-13,16,22H,14-15,17-20H2,1H3. The van der Waals surface area contributed by atoms with E-state index >= 15 is 0 Å².